The van der Waals surface area contributed by atoms with Crippen molar-refractivity contribution >= 4 is 28.6 Å². The summed E-state index contributed by atoms with van der Waals surface area (Å²) in [6.45, 7) is 0.544. The molecule has 2 saturated heterocycles. The van der Waals surface area contributed by atoms with Gasteiger partial charge in [-0.25, -0.2) is 27.3 Å². The zero-order valence-corrected chi connectivity index (χ0v) is 19.9. The van der Waals surface area contributed by atoms with Crippen LogP contribution >= 0.6 is 0 Å². The highest BCUT2D eigenvalue weighted by Gasteiger charge is 2.39. The molecule has 0 aliphatic carbocycles. The Morgan fingerprint density at radius 2 is 1.30 bits per heavy atom. The van der Waals surface area contributed by atoms with Crippen LogP contribution in [0.1, 0.15) is 25.7 Å². The van der Waals surface area contributed by atoms with E-state index in [1.807, 2.05) is 0 Å². The van der Waals surface area contributed by atoms with E-state index in [1.54, 1.807) is 21.9 Å². The quantitative estimate of drug-likeness (QED) is 0.554. The number of anilines is 2. The fourth-order valence-corrected chi connectivity index (χ4v) is 3.89. The molecule has 2 aliphatic rings. The van der Waals surface area contributed by atoms with Crippen LogP contribution in [-0.2, 0) is 4.79 Å². The average Bonchev–Trinajstić information content (AvgIpc) is 2.82. The number of carboxylic acids is 1. The molecule has 1 N–H and O–H groups in total. The van der Waals surface area contributed by atoms with Crippen LogP contribution < -0.4 is 19.3 Å². The SMILES string of the molecule is COc1cc2nc(N3CCC(F)(F)CC3)nc(N3CCC(F)(F)CC3)c2cc1OC.O=C(O)C(F)(F)F. The molecule has 0 atom stereocenters. The lowest BCUT2D eigenvalue weighted by molar-refractivity contribution is -0.192. The molecule has 2 fully saturated rings. The predicted octanol–water partition coefficient (Wildman–Crippen LogP) is 4.75. The van der Waals surface area contributed by atoms with Crippen molar-refractivity contribution < 1.29 is 50.1 Å². The van der Waals surface area contributed by atoms with Crippen molar-refractivity contribution in [2.45, 2.75) is 43.7 Å². The zero-order valence-electron chi connectivity index (χ0n) is 19.9. The number of methoxy groups -OCH3 is 2. The molecule has 15 heteroatoms. The minimum Gasteiger partial charge on any atom is -0.493 e. The molecule has 37 heavy (non-hydrogen) atoms. The monoisotopic (exact) mass is 542 g/mol. The van der Waals surface area contributed by atoms with Crippen molar-refractivity contribution in [2.75, 3.05) is 50.2 Å². The van der Waals surface area contributed by atoms with Gasteiger partial charge in [0.1, 0.15) is 5.82 Å². The third-order valence-electron chi connectivity index (χ3n) is 5.98. The number of hydrogen-bond donors (Lipinski definition) is 1. The Labute approximate surface area is 207 Å². The smallest absolute Gasteiger partial charge is 0.490 e. The lowest BCUT2D eigenvalue weighted by Gasteiger charge is -2.35. The number of fused-ring (bicyclic) bond motifs is 1. The molecule has 0 radical (unpaired) electrons. The highest BCUT2D eigenvalue weighted by atomic mass is 19.4. The second-order valence-corrected chi connectivity index (χ2v) is 8.56. The van der Waals surface area contributed by atoms with E-state index in [1.165, 1.54) is 14.2 Å². The summed E-state index contributed by atoms with van der Waals surface area (Å²) in [5.41, 5.74) is 0.544. The van der Waals surface area contributed by atoms with Crippen molar-refractivity contribution in [1.29, 1.82) is 0 Å². The van der Waals surface area contributed by atoms with Crippen molar-refractivity contribution in [3.8, 4) is 11.5 Å². The number of nitrogens with zero attached hydrogens (tertiary/aromatic N) is 4. The number of carboxylic acid groups (broad SMARTS) is 1. The molecule has 8 nitrogen and oxygen atoms in total. The number of hydrogen-bond acceptors (Lipinski definition) is 7. The summed E-state index contributed by atoms with van der Waals surface area (Å²) in [6, 6.07) is 3.42. The second kappa shape index (κ2) is 10.6. The van der Waals surface area contributed by atoms with Crippen LogP contribution in [0.25, 0.3) is 10.9 Å². The minimum atomic E-state index is -5.08. The Kier molecular flexibility index (Phi) is 8.12. The van der Waals surface area contributed by atoms with Crippen LogP contribution in [0, 0.1) is 0 Å². The normalized spacial score (nSPS) is 19.2. The fourth-order valence-electron chi connectivity index (χ4n) is 3.89. The molecule has 0 spiro atoms. The highest BCUT2D eigenvalue weighted by molar-refractivity contribution is 5.93. The summed E-state index contributed by atoms with van der Waals surface area (Å²) in [7, 11) is 3.01. The summed E-state index contributed by atoms with van der Waals surface area (Å²) in [6.07, 6.45) is -6.16. The van der Waals surface area contributed by atoms with E-state index in [0.29, 0.717) is 34.2 Å². The van der Waals surface area contributed by atoms with Crippen molar-refractivity contribution in [1.82, 2.24) is 9.97 Å². The van der Waals surface area contributed by atoms with Gasteiger partial charge in [-0.05, 0) is 6.07 Å². The molecule has 4 rings (SSSR count). The zero-order chi connectivity index (χ0) is 27.6. The molecule has 2 aromatic rings. The van der Waals surface area contributed by atoms with Gasteiger partial charge in [-0.2, -0.15) is 18.2 Å². The molecule has 0 bridgehead atoms. The first-order valence-electron chi connectivity index (χ1n) is 11.2. The number of alkyl halides is 7. The molecule has 0 amide bonds. The Balaban J connectivity index is 0.000000479. The second-order valence-electron chi connectivity index (χ2n) is 8.56. The lowest BCUT2D eigenvalue weighted by Crippen LogP contribution is -2.41. The Morgan fingerprint density at radius 1 is 0.865 bits per heavy atom. The van der Waals surface area contributed by atoms with Crippen molar-refractivity contribution in [3.63, 3.8) is 0 Å². The first-order valence-corrected chi connectivity index (χ1v) is 11.2. The maximum atomic E-state index is 13.7. The van der Waals surface area contributed by atoms with E-state index in [4.69, 9.17) is 19.4 Å². The predicted molar refractivity (Wildman–Crippen MR) is 119 cm³/mol. The molecular weight excluding hydrogens is 517 g/mol. The molecule has 1 aromatic heterocycles. The third kappa shape index (κ3) is 6.95. The van der Waals surface area contributed by atoms with Crippen molar-refractivity contribution in [2.24, 2.45) is 0 Å². The van der Waals surface area contributed by atoms with E-state index >= 15 is 0 Å². The van der Waals surface area contributed by atoms with Gasteiger partial charge >= 0.3 is 12.1 Å². The summed E-state index contributed by atoms with van der Waals surface area (Å²) in [4.78, 5) is 21.6. The van der Waals surface area contributed by atoms with Gasteiger partial charge in [0, 0.05) is 63.3 Å². The van der Waals surface area contributed by atoms with Crippen molar-refractivity contribution in [3.05, 3.63) is 12.1 Å². The van der Waals surface area contributed by atoms with Crippen LogP contribution in [0.5, 0.6) is 11.5 Å². The van der Waals surface area contributed by atoms with Crippen LogP contribution in [0.15, 0.2) is 12.1 Å². The fraction of sp³-hybridized carbons (Fsp3) is 0.591. The van der Waals surface area contributed by atoms with Gasteiger partial charge in [-0.15, -0.1) is 0 Å². The van der Waals surface area contributed by atoms with Gasteiger partial charge in [0.25, 0.3) is 11.8 Å². The third-order valence-corrected chi connectivity index (χ3v) is 5.98. The number of piperidine rings is 2. The van der Waals surface area contributed by atoms with Crippen LogP contribution in [0.2, 0.25) is 0 Å². The molecule has 2 aliphatic heterocycles. The summed E-state index contributed by atoms with van der Waals surface area (Å²) in [5.74, 6) is -6.38. The van der Waals surface area contributed by atoms with Crippen LogP contribution in [0.4, 0.5) is 42.5 Å². The number of benzene rings is 1. The van der Waals surface area contributed by atoms with Crippen LogP contribution in [0.3, 0.4) is 0 Å². The summed E-state index contributed by atoms with van der Waals surface area (Å²) in [5, 5.41) is 7.77. The molecule has 0 saturated carbocycles. The number of aromatic nitrogens is 2. The maximum absolute atomic E-state index is 13.7. The van der Waals surface area contributed by atoms with Gasteiger partial charge in [-0.3, -0.25) is 0 Å². The highest BCUT2D eigenvalue weighted by Crippen LogP contribution is 2.39. The number of rotatable bonds is 4. The van der Waals surface area contributed by atoms with E-state index in [-0.39, 0.29) is 51.9 Å². The first kappa shape index (κ1) is 28.3. The Morgan fingerprint density at radius 3 is 1.73 bits per heavy atom. The number of carbonyl (C=O) groups is 1. The molecule has 1 aromatic carbocycles. The van der Waals surface area contributed by atoms with Gasteiger partial charge in [0.2, 0.25) is 5.95 Å². The first-order chi connectivity index (χ1) is 17.2. The number of aliphatic carboxylic acids is 1. The molecular formula is C22H25F7N4O4. The summed E-state index contributed by atoms with van der Waals surface area (Å²) < 4.78 is 97.0. The van der Waals surface area contributed by atoms with Gasteiger partial charge in [0.15, 0.2) is 11.5 Å². The molecule has 0 unspecified atom stereocenters. The van der Waals surface area contributed by atoms with E-state index < -0.39 is 24.0 Å². The van der Waals surface area contributed by atoms with Gasteiger partial charge in [-0.1, -0.05) is 0 Å². The maximum Gasteiger partial charge on any atom is 0.490 e. The van der Waals surface area contributed by atoms with E-state index in [2.05, 4.69) is 9.97 Å². The Bertz CT molecular complexity index is 1110. The van der Waals surface area contributed by atoms with Gasteiger partial charge in [0.05, 0.1) is 19.7 Å². The Hall–Kier alpha value is -3.26. The average molecular weight is 542 g/mol. The lowest BCUT2D eigenvalue weighted by atomic mass is 10.1. The number of halogens is 7. The largest absolute Gasteiger partial charge is 0.493 e. The minimum absolute atomic E-state index is 0.128. The summed E-state index contributed by atoms with van der Waals surface area (Å²) >= 11 is 0. The van der Waals surface area contributed by atoms with Gasteiger partial charge < -0.3 is 24.4 Å². The standard InChI is InChI=1S/C20H24F4N4O2.C2HF3O2/c1-29-15-11-13-14(12-16(15)30-2)25-18(28-9-5-20(23,24)6-10-28)26-17(13)27-7-3-19(21,22)4-8-27;3-2(4,5)1(6)7/h11-12H,3-10H2,1-2H3;(H,6,7). The number of ether oxygens (including phenoxy) is 2. The van der Waals surface area contributed by atoms with Crippen LogP contribution in [-0.4, -0.2) is 79.5 Å². The topological polar surface area (TPSA) is 88.0 Å². The molecule has 3 heterocycles. The van der Waals surface area contributed by atoms with E-state index in [0.717, 1.165) is 0 Å². The molecule has 206 valence electrons. The van der Waals surface area contributed by atoms with E-state index in [9.17, 15) is 30.7 Å².